The minimum Gasteiger partial charge on any atom is -0.496 e. The molecule has 3 N–H and O–H groups in total. The fourth-order valence-corrected chi connectivity index (χ4v) is 4.60. The smallest absolute Gasteiger partial charge is 0.327 e. The number of carbonyl (C=O) groups excluding carboxylic acids is 2. The van der Waals surface area contributed by atoms with Gasteiger partial charge in [0.05, 0.1) is 25.6 Å². The SMILES string of the molecule is CCCCN1C(=O)C2C(c3cc(Br)ccc3OC)NC(CO)(C(=O)O)C2C1=O. The van der Waals surface area contributed by atoms with E-state index < -0.39 is 47.8 Å². The molecule has 4 atom stereocenters. The molecule has 2 amide bonds. The van der Waals surface area contributed by atoms with Gasteiger partial charge in [0, 0.05) is 22.6 Å². The largest absolute Gasteiger partial charge is 0.496 e. The lowest BCUT2D eigenvalue weighted by Gasteiger charge is -2.29. The van der Waals surface area contributed by atoms with E-state index in [1.807, 2.05) is 6.92 Å². The Morgan fingerprint density at radius 2 is 2.07 bits per heavy atom. The van der Waals surface area contributed by atoms with E-state index in [9.17, 15) is 24.6 Å². The van der Waals surface area contributed by atoms with Gasteiger partial charge in [0.15, 0.2) is 5.54 Å². The number of rotatable bonds is 7. The van der Waals surface area contributed by atoms with E-state index in [0.29, 0.717) is 17.7 Å². The van der Waals surface area contributed by atoms with Crippen molar-refractivity contribution in [3.63, 3.8) is 0 Å². The predicted molar refractivity (Wildman–Crippen MR) is 103 cm³/mol. The molecule has 152 valence electrons. The Labute approximate surface area is 171 Å². The molecule has 8 nitrogen and oxygen atoms in total. The number of hydrogen-bond donors (Lipinski definition) is 3. The zero-order valence-electron chi connectivity index (χ0n) is 15.6. The molecule has 3 rings (SSSR count). The number of benzene rings is 1. The number of imide groups is 1. The van der Waals surface area contributed by atoms with Crippen LogP contribution in [0.5, 0.6) is 5.75 Å². The first-order valence-electron chi connectivity index (χ1n) is 9.13. The summed E-state index contributed by atoms with van der Waals surface area (Å²) in [5, 5.41) is 22.8. The quantitative estimate of drug-likeness (QED) is 0.531. The van der Waals surface area contributed by atoms with Gasteiger partial charge in [-0.25, -0.2) is 0 Å². The van der Waals surface area contributed by atoms with Gasteiger partial charge < -0.3 is 14.9 Å². The standard InChI is InChI=1S/C19H23BrN2O6/c1-3-4-7-22-16(24)13-14(17(22)25)19(9-23,18(26)27)21-15(13)11-8-10(20)5-6-12(11)28-2/h5-6,8,13-15,21,23H,3-4,7,9H2,1-2H3,(H,26,27). The molecule has 0 aliphatic carbocycles. The van der Waals surface area contributed by atoms with Crippen LogP contribution in [0.25, 0.3) is 0 Å². The monoisotopic (exact) mass is 454 g/mol. The Bertz CT molecular complexity index is 816. The highest BCUT2D eigenvalue weighted by Crippen LogP contribution is 2.50. The van der Waals surface area contributed by atoms with Crippen LogP contribution in [0.3, 0.4) is 0 Å². The molecule has 0 bridgehead atoms. The molecule has 0 aromatic heterocycles. The minimum absolute atomic E-state index is 0.241. The van der Waals surface area contributed by atoms with Crippen LogP contribution in [-0.4, -0.2) is 58.7 Å². The summed E-state index contributed by atoms with van der Waals surface area (Å²) in [6.45, 7) is 1.37. The Hall–Kier alpha value is -1.97. The number of aliphatic carboxylic acids is 1. The zero-order valence-corrected chi connectivity index (χ0v) is 17.2. The van der Waals surface area contributed by atoms with Gasteiger partial charge in [-0.15, -0.1) is 0 Å². The second-order valence-electron chi connectivity index (χ2n) is 7.13. The van der Waals surface area contributed by atoms with E-state index in [2.05, 4.69) is 21.2 Å². The summed E-state index contributed by atoms with van der Waals surface area (Å²) < 4.78 is 6.12. The van der Waals surface area contributed by atoms with E-state index >= 15 is 0 Å². The molecule has 2 fully saturated rings. The highest BCUT2D eigenvalue weighted by atomic mass is 79.9. The molecule has 0 radical (unpaired) electrons. The van der Waals surface area contributed by atoms with Crippen LogP contribution < -0.4 is 10.1 Å². The van der Waals surface area contributed by atoms with Gasteiger partial charge in [-0.2, -0.15) is 0 Å². The lowest BCUT2D eigenvalue weighted by molar-refractivity contribution is -0.153. The number of likely N-dealkylation sites (tertiary alicyclic amines) is 1. The number of carbonyl (C=O) groups is 3. The van der Waals surface area contributed by atoms with Crippen molar-refractivity contribution in [2.24, 2.45) is 11.8 Å². The topological polar surface area (TPSA) is 116 Å². The first-order valence-corrected chi connectivity index (χ1v) is 9.92. The number of unbranched alkanes of at least 4 members (excludes halogenated alkanes) is 1. The number of amides is 2. The van der Waals surface area contributed by atoms with Crippen molar-refractivity contribution in [1.29, 1.82) is 0 Å². The van der Waals surface area contributed by atoms with Gasteiger partial charge in [0.2, 0.25) is 11.8 Å². The number of fused-ring (bicyclic) bond motifs is 1. The summed E-state index contributed by atoms with van der Waals surface area (Å²) in [4.78, 5) is 39.4. The van der Waals surface area contributed by atoms with Crippen LogP contribution >= 0.6 is 15.9 Å². The maximum Gasteiger partial charge on any atom is 0.327 e. The van der Waals surface area contributed by atoms with Crippen molar-refractivity contribution in [1.82, 2.24) is 10.2 Å². The molecule has 9 heteroatoms. The number of methoxy groups -OCH3 is 1. The molecule has 0 saturated carbocycles. The van der Waals surface area contributed by atoms with E-state index in [4.69, 9.17) is 4.74 Å². The average Bonchev–Trinajstić information content (AvgIpc) is 3.15. The molecular formula is C19H23BrN2O6. The van der Waals surface area contributed by atoms with Crippen molar-refractivity contribution >= 4 is 33.7 Å². The van der Waals surface area contributed by atoms with Crippen LogP contribution in [-0.2, 0) is 14.4 Å². The maximum atomic E-state index is 13.1. The van der Waals surface area contributed by atoms with E-state index in [1.54, 1.807) is 18.2 Å². The predicted octanol–water partition coefficient (Wildman–Crippen LogP) is 1.32. The molecule has 0 spiro atoms. The molecule has 1 aromatic carbocycles. The van der Waals surface area contributed by atoms with Gasteiger partial charge >= 0.3 is 5.97 Å². The number of nitrogens with zero attached hydrogens (tertiary/aromatic N) is 1. The Morgan fingerprint density at radius 3 is 2.64 bits per heavy atom. The highest BCUT2D eigenvalue weighted by Gasteiger charge is 2.68. The molecule has 1 aromatic rings. The number of ether oxygens (including phenoxy) is 1. The van der Waals surface area contributed by atoms with Gasteiger partial charge in [0.1, 0.15) is 5.75 Å². The Morgan fingerprint density at radius 1 is 1.36 bits per heavy atom. The zero-order chi connectivity index (χ0) is 20.6. The number of carboxylic acids is 1. The first-order chi connectivity index (χ1) is 13.3. The summed E-state index contributed by atoms with van der Waals surface area (Å²) in [7, 11) is 1.48. The third-order valence-corrected chi connectivity index (χ3v) is 6.13. The fourth-order valence-electron chi connectivity index (χ4n) is 4.22. The van der Waals surface area contributed by atoms with Crippen LogP contribution in [0.15, 0.2) is 22.7 Å². The number of halogens is 1. The lowest BCUT2D eigenvalue weighted by Crippen LogP contribution is -2.58. The van der Waals surface area contributed by atoms with E-state index in [0.717, 1.165) is 15.8 Å². The number of aliphatic hydroxyl groups excluding tert-OH is 1. The number of carboxylic acid groups (broad SMARTS) is 1. The summed E-state index contributed by atoms with van der Waals surface area (Å²) in [5.74, 6) is -3.99. The summed E-state index contributed by atoms with van der Waals surface area (Å²) in [5.41, 5.74) is -1.38. The lowest BCUT2D eigenvalue weighted by atomic mass is 9.79. The van der Waals surface area contributed by atoms with Gasteiger partial charge in [-0.1, -0.05) is 29.3 Å². The molecule has 2 heterocycles. The van der Waals surface area contributed by atoms with Crippen molar-refractivity contribution in [3.8, 4) is 5.75 Å². The number of hydrogen-bond acceptors (Lipinski definition) is 6. The number of aliphatic hydroxyl groups is 1. The van der Waals surface area contributed by atoms with Gasteiger partial charge in [-0.3, -0.25) is 24.6 Å². The maximum absolute atomic E-state index is 13.1. The number of nitrogens with one attached hydrogen (secondary N) is 1. The molecule has 4 unspecified atom stereocenters. The van der Waals surface area contributed by atoms with Crippen molar-refractivity contribution in [3.05, 3.63) is 28.2 Å². The van der Waals surface area contributed by atoms with Crippen LogP contribution in [0.1, 0.15) is 31.4 Å². The van der Waals surface area contributed by atoms with Crippen LogP contribution in [0.2, 0.25) is 0 Å². The van der Waals surface area contributed by atoms with Crippen molar-refractivity contribution in [2.45, 2.75) is 31.3 Å². The second-order valence-corrected chi connectivity index (χ2v) is 8.04. The molecule has 2 saturated heterocycles. The molecule has 2 aliphatic rings. The Kier molecular flexibility index (Phi) is 5.79. The van der Waals surface area contributed by atoms with Crippen LogP contribution in [0.4, 0.5) is 0 Å². The first kappa shape index (κ1) is 20.8. The average molecular weight is 455 g/mol. The molecular weight excluding hydrogens is 432 g/mol. The van der Waals surface area contributed by atoms with E-state index in [-0.39, 0.29) is 6.54 Å². The van der Waals surface area contributed by atoms with E-state index in [1.165, 1.54) is 7.11 Å². The van der Waals surface area contributed by atoms with Gasteiger partial charge in [0.25, 0.3) is 0 Å². The fraction of sp³-hybridized carbons (Fsp3) is 0.526. The highest BCUT2D eigenvalue weighted by molar-refractivity contribution is 9.10. The second kappa shape index (κ2) is 7.81. The third kappa shape index (κ3) is 3.01. The minimum atomic E-state index is -1.93. The third-order valence-electron chi connectivity index (χ3n) is 5.64. The normalized spacial score (nSPS) is 29.3. The summed E-state index contributed by atoms with van der Waals surface area (Å²) in [6, 6.07) is 4.41. The van der Waals surface area contributed by atoms with Crippen molar-refractivity contribution in [2.75, 3.05) is 20.3 Å². The molecule has 28 heavy (non-hydrogen) atoms. The summed E-state index contributed by atoms with van der Waals surface area (Å²) in [6.07, 6.45) is 1.42. The summed E-state index contributed by atoms with van der Waals surface area (Å²) >= 11 is 3.38. The van der Waals surface area contributed by atoms with Crippen molar-refractivity contribution < 1.29 is 29.3 Å². The molecule has 2 aliphatic heterocycles. The van der Waals surface area contributed by atoms with Gasteiger partial charge in [-0.05, 0) is 24.6 Å². The Balaban J connectivity index is 2.14. The van der Waals surface area contributed by atoms with Crippen LogP contribution in [0, 0.1) is 11.8 Å².